The van der Waals surface area contributed by atoms with Crippen molar-refractivity contribution in [1.29, 1.82) is 0 Å². The van der Waals surface area contributed by atoms with Crippen LogP contribution in [0, 0.1) is 0 Å². The average Bonchev–Trinajstić information content (AvgIpc) is 2.96. The number of rotatable bonds is 3. The largest absolute Gasteiger partial charge is 0.303 e. The van der Waals surface area contributed by atoms with Gasteiger partial charge in [-0.2, -0.15) is 0 Å². The lowest BCUT2D eigenvalue weighted by Crippen LogP contribution is -2.57. The molecule has 0 saturated carbocycles. The van der Waals surface area contributed by atoms with Gasteiger partial charge in [-0.25, -0.2) is 0 Å². The van der Waals surface area contributed by atoms with E-state index >= 15 is 0 Å². The van der Waals surface area contributed by atoms with E-state index in [1.807, 2.05) is 0 Å². The predicted octanol–water partition coefficient (Wildman–Crippen LogP) is 2.29. The number of hydrogen-bond acceptors (Lipinski definition) is 1. The monoisotopic (exact) mass is 279 g/mol. The highest BCUT2D eigenvalue weighted by atomic mass is 28.3. The van der Waals surface area contributed by atoms with E-state index in [2.05, 4.69) is 91.4 Å². The lowest BCUT2D eigenvalue weighted by atomic mass is 10.3. The van der Waals surface area contributed by atoms with Crippen LogP contribution in [0.5, 0.6) is 0 Å². The van der Waals surface area contributed by atoms with E-state index in [4.69, 9.17) is 0 Å². The van der Waals surface area contributed by atoms with Gasteiger partial charge in [0.1, 0.15) is 8.07 Å². The van der Waals surface area contributed by atoms with Crippen molar-refractivity contribution in [3.63, 3.8) is 0 Å². The molecule has 3 rings (SSSR count). The van der Waals surface area contributed by atoms with Crippen LogP contribution in [0.15, 0.2) is 72.4 Å². The van der Waals surface area contributed by atoms with Crippen LogP contribution in [0.1, 0.15) is 0 Å². The molecule has 0 aliphatic carbocycles. The summed E-state index contributed by atoms with van der Waals surface area (Å²) in [5.41, 5.74) is 2.53. The zero-order valence-electron chi connectivity index (χ0n) is 12.2. The third kappa shape index (κ3) is 2.26. The van der Waals surface area contributed by atoms with Gasteiger partial charge in [0.15, 0.2) is 0 Å². The van der Waals surface area contributed by atoms with E-state index in [0.29, 0.717) is 6.04 Å². The summed E-state index contributed by atoms with van der Waals surface area (Å²) in [6, 6.07) is 23.9. The molecule has 1 nitrogen and oxygen atoms in total. The van der Waals surface area contributed by atoms with E-state index in [9.17, 15) is 0 Å². The molecule has 1 unspecified atom stereocenters. The molecule has 0 spiro atoms. The standard InChI is InChI=1S/C18H21NSi/c1-19(2)16-13-14-20(15-16,17-9-5-3-6-10-17)18-11-7-4-8-12-18/h3-14,16H,15H2,1-2H3. The molecular formula is C18H21NSi. The fourth-order valence-electron chi connectivity index (χ4n) is 3.16. The third-order valence-corrected chi connectivity index (χ3v) is 8.93. The third-order valence-electron chi connectivity index (χ3n) is 4.38. The maximum atomic E-state index is 2.53. The average molecular weight is 279 g/mol. The molecule has 0 fully saturated rings. The van der Waals surface area contributed by atoms with Gasteiger partial charge in [-0.15, -0.1) is 0 Å². The fraction of sp³-hybridized carbons (Fsp3) is 0.222. The molecule has 1 aliphatic rings. The number of nitrogens with zero attached hydrogens (tertiary/aromatic N) is 1. The van der Waals surface area contributed by atoms with Crippen LogP contribution in [-0.2, 0) is 0 Å². The molecule has 0 bridgehead atoms. The molecule has 20 heavy (non-hydrogen) atoms. The minimum Gasteiger partial charge on any atom is -0.303 e. The van der Waals surface area contributed by atoms with Crippen LogP contribution < -0.4 is 10.4 Å². The van der Waals surface area contributed by atoms with Gasteiger partial charge in [-0.1, -0.05) is 72.4 Å². The Morgan fingerprint density at radius 2 is 1.35 bits per heavy atom. The van der Waals surface area contributed by atoms with Crippen molar-refractivity contribution >= 4 is 18.4 Å². The molecule has 102 valence electrons. The van der Waals surface area contributed by atoms with Crippen molar-refractivity contribution < 1.29 is 0 Å². The van der Waals surface area contributed by atoms with Crippen molar-refractivity contribution in [2.75, 3.05) is 14.1 Å². The van der Waals surface area contributed by atoms with Crippen molar-refractivity contribution in [1.82, 2.24) is 4.90 Å². The summed E-state index contributed by atoms with van der Waals surface area (Å²) >= 11 is 0. The summed E-state index contributed by atoms with van der Waals surface area (Å²) < 4.78 is 0. The second kappa shape index (κ2) is 5.39. The Labute approximate surface area is 122 Å². The molecule has 0 amide bonds. The molecular weight excluding hydrogens is 258 g/mol. The van der Waals surface area contributed by atoms with Crippen LogP contribution in [0.25, 0.3) is 0 Å². The van der Waals surface area contributed by atoms with Crippen LogP contribution in [-0.4, -0.2) is 33.1 Å². The molecule has 0 N–H and O–H groups in total. The summed E-state index contributed by atoms with van der Waals surface area (Å²) in [5, 5.41) is 3.04. The summed E-state index contributed by atoms with van der Waals surface area (Å²) in [6.07, 6.45) is 2.41. The first-order valence-corrected chi connectivity index (χ1v) is 9.48. The molecule has 1 heterocycles. The minimum atomic E-state index is -1.73. The summed E-state index contributed by atoms with van der Waals surface area (Å²) in [6.45, 7) is 0. The van der Waals surface area contributed by atoms with Crippen molar-refractivity contribution in [2.45, 2.75) is 12.1 Å². The Bertz CT molecular complexity index is 550. The minimum absolute atomic E-state index is 0.557. The zero-order valence-corrected chi connectivity index (χ0v) is 13.2. The highest BCUT2D eigenvalue weighted by Crippen LogP contribution is 2.25. The second-order valence-electron chi connectivity index (χ2n) is 5.80. The lowest BCUT2D eigenvalue weighted by molar-refractivity contribution is 0.366. The molecule has 0 radical (unpaired) electrons. The first-order valence-electron chi connectivity index (χ1n) is 7.19. The van der Waals surface area contributed by atoms with E-state index < -0.39 is 8.07 Å². The highest BCUT2D eigenvalue weighted by molar-refractivity contribution is 7.06. The van der Waals surface area contributed by atoms with Gasteiger partial charge in [0, 0.05) is 6.04 Å². The second-order valence-corrected chi connectivity index (χ2v) is 9.64. The van der Waals surface area contributed by atoms with E-state index in [-0.39, 0.29) is 0 Å². The quantitative estimate of drug-likeness (QED) is 0.779. The zero-order chi connectivity index (χ0) is 14.0. The van der Waals surface area contributed by atoms with Gasteiger partial charge < -0.3 is 4.90 Å². The number of hydrogen-bond donors (Lipinski definition) is 0. The maximum Gasteiger partial charge on any atom is 0.142 e. The fourth-order valence-corrected chi connectivity index (χ4v) is 7.77. The van der Waals surface area contributed by atoms with Crippen molar-refractivity contribution in [3.8, 4) is 0 Å². The van der Waals surface area contributed by atoms with Gasteiger partial charge in [-0.3, -0.25) is 0 Å². The van der Waals surface area contributed by atoms with Crippen LogP contribution >= 0.6 is 0 Å². The molecule has 0 aromatic heterocycles. The van der Waals surface area contributed by atoms with E-state index in [1.54, 1.807) is 0 Å². The van der Waals surface area contributed by atoms with Gasteiger partial charge in [-0.05, 0) is 30.5 Å². The topological polar surface area (TPSA) is 3.24 Å². The van der Waals surface area contributed by atoms with E-state index in [0.717, 1.165) is 0 Å². The van der Waals surface area contributed by atoms with Gasteiger partial charge in [0.2, 0.25) is 0 Å². The Kier molecular flexibility index (Phi) is 3.60. The Morgan fingerprint density at radius 1 is 0.850 bits per heavy atom. The van der Waals surface area contributed by atoms with Crippen molar-refractivity contribution in [2.24, 2.45) is 0 Å². The SMILES string of the molecule is CN(C)C1C=C[Si](c2ccccc2)(c2ccccc2)C1. The van der Waals surface area contributed by atoms with Crippen molar-refractivity contribution in [3.05, 3.63) is 72.4 Å². The Morgan fingerprint density at radius 3 is 1.75 bits per heavy atom. The van der Waals surface area contributed by atoms with Crippen LogP contribution in [0.2, 0.25) is 6.04 Å². The summed E-state index contributed by atoms with van der Waals surface area (Å²) in [4.78, 5) is 2.33. The Hall–Kier alpha value is -1.64. The molecule has 1 aliphatic heterocycles. The Balaban J connectivity index is 2.09. The van der Waals surface area contributed by atoms with Crippen LogP contribution in [0.4, 0.5) is 0 Å². The maximum absolute atomic E-state index is 2.53. The molecule has 2 aromatic carbocycles. The molecule has 2 aromatic rings. The highest BCUT2D eigenvalue weighted by Gasteiger charge is 2.40. The first kappa shape index (κ1) is 13.3. The molecule has 2 heteroatoms. The molecule has 0 saturated heterocycles. The summed E-state index contributed by atoms with van der Waals surface area (Å²) in [5.74, 6) is 0. The smallest absolute Gasteiger partial charge is 0.142 e. The molecule has 1 atom stereocenters. The summed E-state index contributed by atoms with van der Waals surface area (Å²) in [7, 11) is 2.62. The first-order chi connectivity index (χ1) is 9.72. The van der Waals surface area contributed by atoms with E-state index in [1.165, 1.54) is 16.4 Å². The van der Waals surface area contributed by atoms with Gasteiger partial charge in [0.05, 0.1) is 0 Å². The predicted molar refractivity (Wildman–Crippen MR) is 89.3 cm³/mol. The number of likely N-dealkylation sites (N-methyl/N-ethyl adjacent to an activating group) is 1. The van der Waals surface area contributed by atoms with Gasteiger partial charge in [0.25, 0.3) is 0 Å². The number of benzene rings is 2. The lowest BCUT2D eigenvalue weighted by Gasteiger charge is -2.29. The van der Waals surface area contributed by atoms with Crippen LogP contribution in [0.3, 0.4) is 0 Å². The van der Waals surface area contributed by atoms with Gasteiger partial charge >= 0.3 is 0 Å². The normalized spacial score (nSPS) is 20.4.